The van der Waals surface area contributed by atoms with Crippen molar-refractivity contribution in [2.75, 3.05) is 23.7 Å². The number of carbonyl (C=O) groups excluding carboxylic acids is 1. The first kappa shape index (κ1) is 23.3. The molecule has 0 aliphatic carbocycles. The van der Waals surface area contributed by atoms with E-state index in [1.54, 1.807) is 19.1 Å². The summed E-state index contributed by atoms with van der Waals surface area (Å²) in [5.74, 6) is -0.328. The molecule has 1 fully saturated rings. The van der Waals surface area contributed by atoms with E-state index in [1.165, 1.54) is 22.7 Å². The molecular formula is C24H33N3O3S. The van der Waals surface area contributed by atoms with E-state index in [2.05, 4.69) is 22.3 Å². The summed E-state index contributed by atoms with van der Waals surface area (Å²) >= 11 is 0. The minimum absolute atomic E-state index is 0.328. The molecule has 31 heavy (non-hydrogen) atoms. The minimum Gasteiger partial charge on any atom is -0.350 e. The summed E-state index contributed by atoms with van der Waals surface area (Å²) in [4.78, 5) is 15.2. The molecule has 1 amide bonds. The normalized spacial score (nSPS) is 15.6. The molecule has 1 heterocycles. The Hall–Kier alpha value is -2.38. The lowest BCUT2D eigenvalue weighted by Crippen LogP contribution is -2.47. The Morgan fingerprint density at radius 2 is 1.55 bits per heavy atom. The zero-order valence-corrected chi connectivity index (χ0v) is 19.5. The SMILES string of the molecule is CCc1ccc(N(C(C)C(=O)NCc2ccc(CN3CCCC3)cc2)S(C)(=O)=O)cc1. The molecule has 7 heteroatoms. The molecule has 0 radical (unpaired) electrons. The largest absolute Gasteiger partial charge is 0.350 e. The fraction of sp³-hybridized carbons (Fsp3) is 0.458. The Morgan fingerprint density at radius 1 is 1.00 bits per heavy atom. The van der Waals surface area contributed by atoms with Crippen molar-refractivity contribution in [1.29, 1.82) is 0 Å². The Morgan fingerprint density at radius 3 is 2.10 bits per heavy atom. The number of hydrogen-bond acceptors (Lipinski definition) is 4. The highest BCUT2D eigenvalue weighted by atomic mass is 32.2. The van der Waals surface area contributed by atoms with Crippen LogP contribution < -0.4 is 9.62 Å². The first-order valence-corrected chi connectivity index (χ1v) is 12.8. The summed E-state index contributed by atoms with van der Waals surface area (Å²) in [7, 11) is -3.61. The van der Waals surface area contributed by atoms with Gasteiger partial charge in [-0.15, -0.1) is 0 Å². The van der Waals surface area contributed by atoms with Gasteiger partial charge >= 0.3 is 0 Å². The number of anilines is 1. The van der Waals surface area contributed by atoms with Gasteiger partial charge in [-0.3, -0.25) is 14.0 Å². The van der Waals surface area contributed by atoms with Crippen LogP contribution in [0.25, 0.3) is 0 Å². The molecule has 1 aliphatic heterocycles. The average molecular weight is 444 g/mol. The Bertz CT molecular complexity index is 966. The van der Waals surface area contributed by atoms with Crippen LogP contribution >= 0.6 is 0 Å². The highest BCUT2D eigenvalue weighted by molar-refractivity contribution is 7.92. The molecule has 168 valence electrons. The van der Waals surface area contributed by atoms with Gasteiger partial charge < -0.3 is 5.32 Å². The second kappa shape index (κ2) is 10.3. The van der Waals surface area contributed by atoms with Gasteiger partial charge in [-0.25, -0.2) is 8.42 Å². The van der Waals surface area contributed by atoms with Gasteiger partial charge in [0.2, 0.25) is 15.9 Å². The summed E-state index contributed by atoms with van der Waals surface area (Å²) in [6, 6.07) is 14.7. The van der Waals surface area contributed by atoms with E-state index in [0.29, 0.717) is 12.2 Å². The van der Waals surface area contributed by atoms with Crippen molar-refractivity contribution in [2.45, 2.75) is 52.2 Å². The number of nitrogens with one attached hydrogen (secondary N) is 1. The van der Waals surface area contributed by atoms with Crippen LogP contribution in [0.5, 0.6) is 0 Å². The van der Waals surface area contributed by atoms with Crippen molar-refractivity contribution in [3.8, 4) is 0 Å². The molecule has 0 bridgehead atoms. The van der Waals surface area contributed by atoms with Crippen molar-refractivity contribution < 1.29 is 13.2 Å². The second-order valence-corrected chi connectivity index (χ2v) is 10.1. The molecule has 1 saturated heterocycles. The maximum absolute atomic E-state index is 12.8. The quantitative estimate of drug-likeness (QED) is 0.646. The number of likely N-dealkylation sites (tertiary alicyclic amines) is 1. The number of rotatable bonds is 9. The molecular weight excluding hydrogens is 410 g/mol. The van der Waals surface area contributed by atoms with Crippen molar-refractivity contribution in [1.82, 2.24) is 10.2 Å². The molecule has 0 aromatic heterocycles. The van der Waals surface area contributed by atoms with Crippen LogP contribution in [0, 0.1) is 0 Å². The Labute approximate surface area is 186 Å². The zero-order valence-electron chi connectivity index (χ0n) is 18.7. The number of carbonyl (C=O) groups is 1. The van der Waals surface area contributed by atoms with Crippen LogP contribution in [-0.4, -0.2) is 44.6 Å². The summed E-state index contributed by atoms with van der Waals surface area (Å²) in [6.45, 7) is 7.30. The third-order valence-corrected chi connectivity index (χ3v) is 7.02. The monoisotopic (exact) mass is 443 g/mol. The molecule has 1 aliphatic rings. The maximum atomic E-state index is 12.8. The van der Waals surface area contributed by atoms with E-state index < -0.39 is 16.1 Å². The second-order valence-electron chi connectivity index (χ2n) is 8.27. The maximum Gasteiger partial charge on any atom is 0.243 e. The van der Waals surface area contributed by atoms with Gasteiger partial charge in [-0.05, 0) is 68.1 Å². The van der Waals surface area contributed by atoms with Gasteiger partial charge in [0.15, 0.2) is 0 Å². The van der Waals surface area contributed by atoms with Crippen LogP contribution in [0.4, 0.5) is 5.69 Å². The van der Waals surface area contributed by atoms with E-state index in [4.69, 9.17) is 0 Å². The van der Waals surface area contributed by atoms with Gasteiger partial charge in [0.1, 0.15) is 6.04 Å². The number of nitrogens with zero attached hydrogens (tertiary/aromatic N) is 2. The lowest BCUT2D eigenvalue weighted by Gasteiger charge is -2.28. The lowest BCUT2D eigenvalue weighted by molar-refractivity contribution is -0.122. The molecule has 1 N–H and O–H groups in total. The van der Waals surface area contributed by atoms with E-state index in [0.717, 1.165) is 43.4 Å². The Kier molecular flexibility index (Phi) is 7.73. The third kappa shape index (κ3) is 6.31. The van der Waals surface area contributed by atoms with Crippen LogP contribution in [0.1, 0.15) is 43.4 Å². The minimum atomic E-state index is -3.61. The van der Waals surface area contributed by atoms with Crippen molar-refractivity contribution >= 4 is 21.6 Å². The molecule has 2 aromatic rings. The summed E-state index contributed by atoms with van der Waals surface area (Å²) < 4.78 is 26.0. The van der Waals surface area contributed by atoms with Gasteiger partial charge in [-0.1, -0.05) is 43.3 Å². The van der Waals surface area contributed by atoms with Crippen LogP contribution in [0.15, 0.2) is 48.5 Å². The molecule has 0 saturated carbocycles. The fourth-order valence-electron chi connectivity index (χ4n) is 3.99. The summed E-state index contributed by atoms with van der Waals surface area (Å²) in [5.41, 5.74) is 3.86. The number of sulfonamides is 1. The molecule has 2 aromatic carbocycles. The van der Waals surface area contributed by atoms with Gasteiger partial charge in [-0.2, -0.15) is 0 Å². The van der Waals surface area contributed by atoms with E-state index in [-0.39, 0.29) is 5.91 Å². The van der Waals surface area contributed by atoms with Gasteiger partial charge in [0, 0.05) is 13.1 Å². The van der Waals surface area contributed by atoms with Crippen molar-refractivity contribution in [3.63, 3.8) is 0 Å². The molecule has 1 atom stereocenters. The van der Waals surface area contributed by atoms with Gasteiger partial charge in [0.05, 0.1) is 11.9 Å². The number of benzene rings is 2. The summed E-state index contributed by atoms with van der Waals surface area (Å²) in [5, 5.41) is 2.88. The molecule has 6 nitrogen and oxygen atoms in total. The number of aryl methyl sites for hydroxylation is 1. The number of hydrogen-bond donors (Lipinski definition) is 1. The fourth-order valence-corrected chi connectivity index (χ4v) is 5.16. The number of amides is 1. The lowest BCUT2D eigenvalue weighted by atomic mass is 10.1. The van der Waals surface area contributed by atoms with Crippen LogP contribution in [0.3, 0.4) is 0 Å². The summed E-state index contributed by atoms with van der Waals surface area (Å²) in [6.07, 6.45) is 4.54. The first-order chi connectivity index (χ1) is 14.8. The highest BCUT2D eigenvalue weighted by Gasteiger charge is 2.28. The molecule has 3 rings (SSSR count). The highest BCUT2D eigenvalue weighted by Crippen LogP contribution is 2.22. The van der Waals surface area contributed by atoms with Crippen LogP contribution in [-0.2, 0) is 34.3 Å². The van der Waals surface area contributed by atoms with E-state index in [9.17, 15) is 13.2 Å². The standard InChI is InChI=1S/C24H33N3O3S/c1-4-20-11-13-23(14-12-20)27(31(3,29)30)19(2)24(28)25-17-21-7-9-22(10-8-21)18-26-15-5-6-16-26/h7-14,19H,4-6,15-18H2,1-3H3,(H,25,28). The first-order valence-electron chi connectivity index (χ1n) is 10.9. The Balaban J connectivity index is 1.62. The predicted octanol–water partition coefficient (Wildman–Crippen LogP) is 3.32. The smallest absolute Gasteiger partial charge is 0.243 e. The van der Waals surface area contributed by atoms with Gasteiger partial charge in [0.25, 0.3) is 0 Å². The zero-order chi connectivity index (χ0) is 22.4. The molecule has 1 unspecified atom stereocenters. The third-order valence-electron chi connectivity index (χ3n) is 5.78. The molecule has 0 spiro atoms. The van der Waals surface area contributed by atoms with Crippen molar-refractivity contribution in [3.05, 3.63) is 65.2 Å². The average Bonchev–Trinajstić information content (AvgIpc) is 3.25. The van der Waals surface area contributed by atoms with Crippen molar-refractivity contribution in [2.24, 2.45) is 0 Å². The predicted molar refractivity (Wildman–Crippen MR) is 125 cm³/mol. The van der Waals surface area contributed by atoms with E-state index >= 15 is 0 Å². The van der Waals surface area contributed by atoms with E-state index in [1.807, 2.05) is 31.2 Å². The topological polar surface area (TPSA) is 69.7 Å². The van der Waals surface area contributed by atoms with Crippen LogP contribution in [0.2, 0.25) is 0 Å².